The summed E-state index contributed by atoms with van der Waals surface area (Å²) in [7, 11) is 0. The molecule has 5 rings (SSSR count). The number of carbonyl (C=O) groups is 10. The molecule has 3 heterocycles. The van der Waals surface area contributed by atoms with E-state index >= 15 is 0 Å². The van der Waals surface area contributed by atoms with E-state index in [1.807, 2.05) is 24.3 Å². The van der Waals surface area contributed by atoms with Crippen molar-refractivity contribution in [3.05, 3.63) is 78.1 Å². The second-order valence-electron chi connectivity index (χ2n) is 20.3. The molecule has 2 fully saturated rings. The maximum Gasteiger partial charge on any atom is 0.408 e. The van der Waals surface area contributed by atoms with Gasteiger partial charge in [0, 0.05) is 17.8 Å². The van der Waals surface area contributed by atoms with Crippen molar-refractivity contribution in [1.82, 2.24) is 36.9 Å². The van der Waals surface area contributed by atoms with Crippen molar-refractivity contribution >= 4 is 70.0 Å². The number of amides is 8. The normalized spacial score (nSPS) is 19.7. The first kappa shape index (κ1) is 55.5. The van der Waals surface area contributed by atoms with Crippen molar-refractivity contribution in [2.24, 2.45) is 35.5 Å². The van der Waals surface area contributed by atoms with E-state index in [0.29, 0.717) is 11.1 Å². The standard InChI is InChI=1S/C27H34N4O6.C24H33N3O6/c1-14(2)22(23(33)21-15(3)24(34)31-25(21)35)30-20(32)12-19(29-26(36)37-27(4,5)6)17-8-7-16-9-10-28-13-18(16)11-17;1-13(2)19(20(29)18-14(3)21(30)27-22(18)31)26-17(28)12-16(15-10-8-7-9-11-15)25-23(32)33-24(4,5)6/h7-11,13-15,19,21-22H,12H2,1-6H3,(H,29,36)(H,30,32)(H,31,34,35);7-11,13-14,16,18-19H,12H2,1-6H3,(H,25,32)(H,26,28)(H,27,30,31)/t15-,19?,21+,22-;14-,16?,18+,19-/m00/s1. The Hall–Kier alpha value is -7.05. The first-order chi connectivity index (χ1) is 32.6. The van der Waals surface area contributed by atoms with E-state index in [9.17, 15) is 47.9 Å². The van der Waals surface area contributed by atoms with Gasteiger partial charge in [0.05, 0.1) is 48.8 Å². The zero-order valence-corrected chi connectivity index (χ0v) is 41.9. The van der Waals surface area contributed by atoms with Gasteiger partial charge in [-0.3, -0.25) is 54.0 Å². The number of fused-ring (bicyclic) bond motifs is 1. The minimum atomic E-state index is -1.16. The van der Waals surface area contributed by atoms with Gasteiger partial charge in [-0.1, -0.05) is 84.0 Å². The molecule has 2 saturated heterocycles. The van der Waals surface area contributed by atoms with E-state index in [0.717, 1.165) is 10.8 Å². The summed E-state index contributed by atoms with van der Waals surface area (Å²) in [5, 5.41) is 17.0. The second kappa shape index (κ2) is 23.5. The van der Waals surface area contributed by atoms with Gasteiger partial charge in [0.25, 0.3) is 0 Å². The molecule has 0 aliphatic carbocycles. The number of Topliss-reactive ketones (excluding diaryl/α,β-unsaturated/α-hetero) is 2. The topological polar surface area (TPSA) is 274 Å². The van der Waals surface area contributed by atoms with Crippen molar-refractivity contribution in [3.8, 4) is 0 Å². The highest BCUT2D eigenvalue weighted by Gasteiger charge is 2.47. The number of hydrogen-bond donors (Lipinski definition) is 6. The zero-order chi connectivity index (χ0) is 52.4. The van der Waals surface area contributed by atoms with Crippen LogP contribution in [0.3, 0.4) is 0 Å². The third kappa shape index (κ3) is 15.5. The maximum absolute atomic E-state index is 13.2. The lowest BCUT2D eigenvalue weighted by atomic mass is 9.85. The van der Waals surface area contributed by atoms with E-state index in [4.69, 9.17) is 9.47 Å². The maximum atomic E-state index is 13.2. The van der Waals surface area contributed by atoms with E-state index < -0.39 is 118 Å². The third-order valence-electron chi connectivity index (χ3n) is 11.5. The highest BCUT2D eigenvalue weighted by Crippen LogP contribution is 2.27. The van der Waals surface area contributed by atoms with E-state index in [-0.39, 0.29) is 24.7 Å². The van der Waals surface area contributed by atoms with E-state index in [1.54, 1.807) is 112 Å². The third-order valence-corrected chi connectivity index (χ3v) is 11.5. The van der Waals surface area contributed by atoms with Crippen LogP contribution < -0.4 is 31.9 Å². The number of nitrogens with zero attached hydrogens (tertiary/aromatic N) is 1. The molecule has 70 heavy (non-hydrogen) atoms. The van der Waals surface area contributed by atoms with Crippen LogP contribution in [-0.4, -0.2) is 87.5 Å². The predicted octanol–water partition coefficient (Wildman–Crippen LogP) is 5.07. The Morgan fingerprint density at radius 2 is 1.00 bits per heavy atom. The molecule has 0 bridgehead atoms. The monoisotopic (exact) mass is 969 g/mol. The van der Waals surface area contributed by atoms with E-state index in [1.165, 1.54) is 13.8 Å². The number of hydrogen-bond acceptors (Lipinski definition) is 13. The summed E-state index contributed by atoms with van der Waals surface area (Å²) in [6, 6.07) is 12.9. The number of benzene rings is 2. The molecule has 8 amide bonds. The molecule has 8 atom stereocenters. The lowest BCUT2D eigenvalue weighted by molar-refractivity contribution is -0.138. The van der Waals surface area contributed by atoms with Gasteiger partial charge in [-0.15, -0.1) is 0 Å². The van der Waals surface area contributed by atoms with Gasteiger partial charge in [0.1, 0.15) is 23.0 Å². The summed E-state index contributed by atoms with van der Waals surface area (Å²) in [5.41, 5.74) is -0.0997. The summed E-state index contributed by atoms with van der Waals surface area (Å²) in [4.78, 5) is 129. The lowest BCUT2D eigenvalue weighted by Crippen LogP contribution is -2.49. The number of nitrogens with one attached hydrogen (secondary N) is 6. The molecule has 0 saturated carbocycles. The predicted molar refractivity (Wildman–Crippen MR) is 257 cm³/mol. The number of carbonyl (C=O) groups excluding carboxylic acids is 10. The van der Waals surface area contributed by atoms with Crippen LogP contribution in [0.2, 0.25) is 0 Å². The minimum Gasteiger partial charge on any atom is -0.444 e. The number of aromatic nitrogens is 1. The highest BCUT2D eigenvalue weighted by molar-refractivity contribution is 6.17. The molecule has 2 aliphatic rings. The van der Waals surface area contributed by atoms with Gasteiger partial charge < -0.3 is 30.7 Å². The Balaban J connectivity index is 0.000000307. The van der Waals surface area contributed by atoms with Crippen LogP contribution in [0.4, 0.5) is 9.59 Å². The van der Waals surface area contributed by atoms with Crippen LogP contribution in [0.5, 0.6) is 0 Å². The molecule has 2 aliphatic heterocycles. The van der Waals surface area contributed by atoms with Crippen LogP contribution in [-0.2, 0) is 47.8 Å². The second-order valence-corrected chi connectivity index (χ2v) is 20.3. The Labute approximate surface area is 408 Å². The smallest absolute Gasteiger partial charge is 0.408 e. The molecule has 2 unspecified atom stereocenters. The van der Waals surface area contributed by atoms with Gasteiger partial charge in [0.2, 0.25) is 35.4 Å². The van der Waals surface area contributed by atoms with Crippen molar-refractivity contribution in [2.75, 3.05) is 0 Å². The van der Waals surface area contributed by atoms with E-state index in [2.05, 4.69) is 36.9 Å². The molecule has 2 aromatic carbocycles. The Kier molecular flexibility index (Phi) is 18.7. The lowest BCUT2D eigenvalue weighted by Gasteiger charge is -2.27. The van der Waals surface area contributed by atoms with Crippen molar-refractivity contribution < 1.29 is 57.4 Å². The zero-order valence-electron chi connectivity index (χ0n) is 41.9. The quantitative estimate of drug-likeness (QED) is 0.0809. The molecule has 1 aromatic heterocycles. The van der Waals surface area contributed by atoms with Gasteiger partial charge in [-0.2, -0.15) is 0 Å². The van der Waals surface area contributed by atoms with Gasteiger partial charge in [-0.25, -0.2) is 9.59 Å². The van der Waals surface area contributed by atoms with Crippen LogP contribution in [0.1, 0.15) is 119 Å². The number of alkyl carbamates (subject to hydrolysis) is 2. The molecular weight excluding hydrogens is 903 g/mol. The minimum absolute atomic E-state index is 0.148. The summed E-state index contributed by atoms with van der Waals surface area (Å²) < 4.78 is 10.7. The Morgan fingerprint density at radius 1 is 0.571 bits per heavy atom. The van der Waals surface area contributed by atoms with Crippen LogP contribution in [0.25, 0.3) is 10.8 Å². The molecule has 19 heteroatoms. The van der Waals surface area contributed by atoms with Crippen molar-refractivity contribution in [3.63, 3.8) is 0 Å². The van der Waals surface area contributed by atoms with Crippen molar-refractivity contribution in [2.45, 2.75) is 131 Å². The number of imide groups is 2. The average molecular weight is 970 g/mol. The van der Waals surface area contributed by atoms with Crippen LogP contribution in [0, 0.1) is 35.5 Å². The molecule has 0 radical (unpaired) electrons. The SMILES string of the molecule is CC(C)[C@H](NC(=O)CC(NC(=O)OC(C)(C)C)c1ccc2ccncc2c1)C(=O)[C@@H]1C(=O)NC(=O)[C@H]1C.CC(C)[C@H](NC(=O)CC(NC(=O)OC(C)(C)C)c1ccccc1)C(=O)[C@@H]1C(=O)NC(=O)[C@H]1C. The first-order valence-corrected chi connectivity index (χ1v) is 23.3. The summed E-state index contributed by atoms with van der Waals surface area (Å²) in [6.45, 7) is 20.4. The summed E-state index contributed by atoms with van der Waals surface area (Å²) in [5.74, 6) is -8.90. The highest BCUT2D eigenvalue weighted by atomic mass is 16.6. The largest absolute Gasteiger partial charge is 0.444 e. The average Bonchev–Trinajstić information content (AvgIpc) is 3.67. The summed E-state index contributed by atoms with van der Waals surface area (Å²) >= 11 is 0. The Morgan fingerprint density at radius 3 is 1.39 bits per heavy atom. The number of pyridine rings is 1. The number of ketones is 2. The fourth-order valence-corrected chi connectivity index (χ4v) is 7.90. The molecule has 6 N–H and O–H groups in total. The van der Waals surface area contributed by atoms with Gasteiger partial charge in [0.15, 0.2) is 11.6 Å². The molecule has 19 nitrogen and oxygen atoms in total. The van der Waals surface area contributed by atoms with Gasteiger partial charge in [-0.05, 0) is 82.0 Å². The number of ether oxygens (including phenoxy) is 2. The molecule has 3 aromatic rings. The Bertz CT molecular complexity index is 2460. The fourth-order valence-electron chi connectivity index (χ4n) is 7.90. The molecule has 0 spiro atoms. The van der Waals surface area contributed by atoms with Crippen LogP contribution >= 0.6 is 0 Å². The number of rotatable bonds is 16. The van der Waals surface area contributed by atoms with Gasteiger partial charge >= 0.3 is 12.2 Å². The molecule has 378 valence electrons. The summed E-state index contributed by atoms with van der Waals surface area (Å²) in [6.07, 6.45) is 1.66. The van der Waals surface area contributed by atoms with Crippen molar-refractivity contribution in [1.29, 1.82) is 0 Å². The first-order valence-electron chi connectivity index (χ1n) is 23.3. The van der Waals surface area contributed by atoms with Crippen LogP contribution in [0.15, 0.2) is 67.0 Å². The molecular formula is C51H67N7O12. The fraction of sp³-hybridized carbons (Fsp3) is 0.510.